The summed E-state index contributed by atoms with van der Waals surface area (Å²) in [5.74, 6) is 0.0738. The lowest BCUT2D eigenvalue weighted by molar-refractivity contribution is -0.119. The maximum atomic E-state index is 12.7. The lowest BCUT2D eigenvalue weighted by atomic mass is 10.1. The molecule has 7 heteroatoms. The summed E-state index contributed by atoms with van der Waals surface area (Å²) in [6.07, 6.45) is 2.37. The molecule has 1 fully saturated rings. The lowest BCUT2D eigenvalue weighted by Crippen LogP contribution is -2.35. The largest absolute Gasteiger partial charge is 0.312 e. The third-order valence-corrected chi connectivity index (χ3v) is 6.32. The van der Waals surface area contributed by atoms with Gasteiger partial charge in [0.1, 0.15) is 0 Å². The van der Waals surface area contributed by atoms with Gasteiger partial charge in [0, 0.05) is 23.7 Å². The second-order valence-corrected chi connectivity index (χ2v) is 8.61. The number of sulfonamides is 1. The Balaban J connectivity index is 1.91. The van der Waals surface area contributed by atoms with Crippen LogP contribution in [0.5, 0.6) is 0 Å². The number of rotatable bonds is 4. The molecule has 1 aliphatic rings. The molecule has 2 aromatic rings. The second-order valence-electron chi connectivity index (χ2n) is 6.52. The van der Waals surface area contributed by atoms with Gasteiger partial charge in [0.05, 0.1) is 10.6 Å². The summed E-state index contributed by atoms with van der Waals surface area (Å²) in [5, 5.41) is 0.399. The number of aryl methyl sites for hydroxylation is 2. The Morgan fingerprint density at radius 2 is 1.77 bits per heavy atom. The minimum atomic E-state index is -3.76. The van der Waals surface area contributed by atoms with Crippen molar-refractivity contribution >= 4 is 38.9 Å². The molecule has 0 spiro atoms. The van der Waals surface area contributed by atoms with E-state index >= 15 is 0 Å². The molecular formula is C19H21ClN2O3S. The summed E-state index contributed by atoms with van der Waals surface area (Å²) in [6, 6.07) is 9.85. The summed E-state index contributed by atoms with van der Waals surface area (Å²) in [5.41, 5.74) is 2.91. The Morgan fingerprint density at radius 3 is 2.46 bits per heavy atom. The van der Waals surface area contributed by atoms with Crippen LogP contribution in [0.15, 0.2) is 41.3 Å². The maximum absolute atomic E-state index is 12.7. The van der Waals surface area contributed by atoms with E-state index in [0.29, 0.717) is 23.7 Å². The van der Waals surface area contributed by atoms with Gasteiger partial charge in [-0.1, -0.05) is 23.7 Å². The molecule has 0 aromatic heterocycles. The first-order chi connectivity index (χ1) is 12.3. The van der Waals surface area contributed by atoms with Crippen molar-refractivity contribution in [3.8, 4) is 0 Å². The Bertz CT molecular complexity index is 957. The fourth-order valence-corrected chi connectivity index (χ4v) is 4.30. The molecule has 1 heterocycles. The Morgan fingerprint density at radius 1 is 1.04 bits per heavy atom. The molecule has 0 unspecified atom stereocenters. The number of carbonyl (C=O) groups excluding carboxylic acids is 1. The minimum absolute atomic E-state index is 0.0738. The third-order valence-electron chi connectivity index (χ3n) is 4.53. The van der Waals surface area contributed by atoms with E-state index < -0.39 is 10.0 Å². The maximum Gasteiger partial charge on any atom is 0.261 e. The fraction of sp³-hybridized carbons (Fsp3) is 0.316. The number of halogens is 1. The summed E-state index contributed by atoms with van der Waals surface area (Å²) in [4.78, 5) is 14.0. The van der Waals surface area contributed by atoms with Crippen molar-refractivity contribution < 1.29 is 13.2 Å². The van der Waals surface area contributed by atoms with Gasteiger partial charge in [-0.2, -0.15) is 0 Å². The van der Waals surface area contributed by atoms with Crippen molar-refractivity contribution in [2.24, 2.45) is 0 Å². The molecule has 1 N–H and O–H groups in total. The van der Waals surface area contributed by atoms with E-state index in [4.69, 9.17) is 11.6 Å². The highest BCUT2D eigenvalue weighted by molar-refractivity contribution is 7.92. The number of benzene rings is 2. The van der Waals surface area contributed by atoms with Crippen LogP contribution in [0.1, 0.15) is 30.4 Å². The van der Waals surface area contributed by atoms with Crippen LogP contribution < -0.4 is 9.62 Å². The zero-order chi connectivity index (χ0) is 18.9. The minimum Gasteiger partial charge on any atom is -0.312 e. The van der Waals surface area contributed by atoms with E-state index in [1.807, 2.05) is 19.9 Å². The number of nitrogens with one attached hydrogen (secondary N) is 1. The van der Waals surface area contributed by atoms with Gasteiger partial charge in [0.2, 0.25) is 5.91 Å². The molecule has 3 rings (SSSR count). The van der Waals surface area contributed by atoms with Gasteiger partial charge in [-0.3, -0.25) is 9.52 Å². The number of nitrogens with zero attached hydrogens (tertiary/aromatic N) is 1. The predicted molar refractivity (Wildman–Crippen MR) is 104 cm³/mol. The van der Waals surface area contributed by atoms with Gasteiger partial charge in [0.15, 0.2) is 0 Å². The molecule has 1 saturated heterocycles. The Labute approximate surface area is 159 Å². The van der Waals surface area contributed by atoms with Crippen molar-refractivity contribution in [1.82, 2.24) is 0 Å². The van der Waals surface area contributed by atoms with Crippen LogP contribution >= 0.6 is 11.6 Å². The average Bonchev–Trinajstić information content (AvgIpc) is 2.59. The van der Waals surface area contributed by atoms with Crippen LogP contribution in [0.25, 0.3) is 0 Å². The summed E-state index contributed by atoms with van der Waals surface area (Å²) < 4.78 is 27.9. The van der Waals surface area contributed by atoms with Gasteiger partial charge in [-0.15, -0.1) is 0 Å². The number of carbonyl (C=O) groups is 1. The van der Waals surface area contributed by atoms with Crippen molar-refractivity contribution in [3.05, 3.63) is 52.5 Å². The average molecular weight is 393 g/mol. The number of hydrogen-bond donors (Lipinski definition) is 1. The number of anilines is 2. The van der Waals surface area contributed by atoms with Crippen molar-refractivity contribution in [2.45, 2.75) is 38.0 Å². The molecule has 0 saturated carbocycles. The predicted octanol–water partition coefficient (Wildman–Crippen LogP) is 4.27. The van der Waals surface area contributed by atoms with Gasteiger partial charge < -0.3 is 4.90 Å². The molecule has 0 bridgehead atoms. The molecule has 26 heavy (non-hydrogen) atoms. The van der Waals surface area contributed by atoms with Crippen LogP contribution in [0.2, 0.25) is 5.02 Å². The van der Waals surface area contributed by atoms with Crippen LogP contribution in [0.4, 0.5) is 11.4 Å². The van der Waals surface area contributed by atoms with Gasteiger partial charge in [-0.25, -0.2) is 8.42 Å². The molecule has 1 amide bonds. The van der Waals surface area contributed by atoms with Gasteiger partial charge in [0.25, 0.3) is 10.0 Å². The molecular weight excluding hydrogens is 372 g/mol. The first-order valence-electron chi connectivity index (χ1n) is 8.48. The van der Waals surface area contributed by atoms with Crippen LogP contribution in [0.3, 0.4) is 0 Å². The third kappa shape index (κ3) is 3.86. The highest BCUT2D eigenvalue weighted by Crippen LogP contribution is 2.29. The number of piperidine rings is 1. The monoisotopic (exact) mass is 392 g/mol. The van der Waals surface area contributed by atoms with Crippen LogP contribution in [0, 0.1) is 13.8 Å². The van der Waals surface area contributed by atoms with Crippen molar-refractivity contribution in [1.29, 1.82) is 0 Å². The van der Waals surface area contributed by atoms with E-state index in [9.17, 15) is 13.2 Å². The Kier molecular flexibility index (Phi) is 5.25. The summed E-state index contributed by atoms with van der Waals surface area (Å²) >= 11 is 6.05. The number of hydrogen-bond acceptors (Lipinski definition) is 3. The molecule has 138 valence electrons. The smallest absolute Gasteiger partial charge is 0.261 e. The van der Waals surface area contributed by atoms with Crippen LogP contribution in [-0.4, -0.2) is 20.9 Å². The van der Waals surface area contributed by atoms with Crippen molar-refractivity contribution in [2.75, 3.05) is 16.2 Å². The summed E-state index contributed by atoms with van der Waals surface area (Å²) in [6.45, 7) is 4.38. The quantitative estimate of drug-likeness (QED) is 0.844. The molecule has 0 atom stereocenters. The van der Waals surface area contributed by atoms with E-state index in [-0.39, 0.29) is 10.8 Å². The van der Waals surface area contributed by atoms with Gasteiger partial charge >= 0.3 is 0 Å². The fourth-order valence-electron chi connectivity index (χ4n) is 2.98. The topological polar surface area (TPSA) is 66.5 Å². The molecule has 0 radical (unpaired) electrons. The molecule has 2 aromatic carbocycles. The highest BCUT2D eigenvalue weighted by atomic mass is 35.5. The van der Waals surface area contributed by atoms with E-state index in [1.54, 1.807) is 23.1 Å². The van der Waals surface area contributed by atoms with E-state index in [1.165, 1.54) is 12.1 Å². The Hall–Kier alpha value is -2.05. The standard InChI is InChI=1S/C19H21ClN2O3S/c1-13-7-9-16(12-17(13)20)26(24,25)21-15-8-6-14(2)18(11-15)22-10-4-3-5-19(22)23/h6-9,11-12,21H,3-5,10H2,1-2H3. The second kappa shape index (κ2) is 7.29. The highest BCUT2D eigenvalue weighted by Gasteiger charge is 2.22. The zero-order valence-electron chi connectivity index (χ0n) is 14.8. The molecule has 0 aliphatic carbocycles. The number of amides is 1. The van der Waals surface area contributed by atoms with Crippen LogP contribution in [-0.2, 0) is 14.8 Å². The van der Waals surface area contributed by atoms with E-state index in [2.05, 4.69) is 4.72 Å². The molecule has 1 aliphatic heterocycles. The first kappa shape index (κ1) is 18.7. The van der Waals surface area contributed by atoms with Crippen molar-refractivity contribution in [3.63, 3.8) is 0 Å². The lowest BCUT2D eigenvalue weighted by Gasteiger charge is -2.28. The normalized spacial score (nSPS) is 15.2. The first-order valence-corrected chi connectivity index (χ1v) is 10.3. The van der Waals surface area contributed by atoms with Gasteiger partial charge in [-0.05, 0) is 62.1 Å². The zero-order valence-corrected chi connectivity index (χ0v) is 16.3. The summed E-state index contributed by atoms with van der Waals surface area (Å²) in [7, 11) is -3.76. The van der Waals surface area contributed by atoms with E-state index in [0.717, 1.165) is 29.7 Å². The molecule has 5 nitrogen and oxygen atoms in total. The SMILES string of the molecule is Cc1ccc(S(=O)(=O)Nc2ccc(C)c(N3CCCCC3=O)c2)cc1Cl.